The molecule has 180 valence electrons. The normalized spacial score (nSPS) is 24.9. The average Bonchev–Trinajstić information content (AvgIpc) is 3.45. The molecular formula is C23H26FIN6O3. The van der Waals surface area contributed by atoms with Crippen molar-refractivity contribution in [1.82, 2.24) is 19.5 Å². The topological polar surface area (TPSA) is 114 Å². The molecule has 0 spiro atoms. The van der Waals surface area contributed by atoms with E-state index in [9.17, 15) is 14.3 Å². The van der Waals surface area contributed by atoms with Gasteiger partial charge in [-0.15, -0.1) is 0 Å². The van der Waals surface area contributed by atoms with E-state index in [1.165, 1.54) is 6.07 Å². The summed E-state index contributed by atoms with van der Waals surface area (Å²) in [6, 6.07) is 6.54. The number of fused-ring (bicyclic) bond motifs is 1. The number of nitrogens with zero attached hydrogens (tertiary/aromatic N) is 4. The van der Waals surface area contributed by atoms with Crippen LogP contribution < -0.4 is 10.6 Å². The molecule has 0 bridgehead atoms. The van der Waals surface area contributed by atoms with E-state index >= 15 is 0 Å². The number of anilines is 3. The maximum atomic E-state index is 14.4. The molecule has 0 amide bonds. The lowest BCUT2D eigenvalue weighted by molar-refractivity contribution is -0.141. The Hall–Kier alpha value is -2.54. The lowest BCUT2D eigenvalue weighted by Gasteiger charge is -2.27. The average molecular weight is 580 g/mol. The number of nitrogens with one attached hydrogen (secondary N) is 2. The summed E-state index contributed by atoms with van der Waals surface area (Å²) in [5.41, 5.74) is 1.48. The highest BCUT2D eigenvalue weighted by atomic mass is 127. The van der Waals surface area contributed by atoms with Gasteiger partial charge in [0.25, 0.3) is 0 Å². The van der Waals surface area contributed by atoms with E-state index in [0.717, 1.165) is 25.7 Å². The summed E-state index contributed by atoms with van der Waals surface area (Å²) < 4.78 is 21.7. The van der Waals surface area contributed by atoms with E-state index in [0.29, 0.717) is 54.1 Å². The van der Waals surface area contributed by atoms with E-state index < -0.39 is 17.7 Å². The van der Waals surface area contributed by atoms with Crippen molar-refractivity contribution in [3.8, 4) is 0 Å². The third-order valence-electron chi connectivity index (χ3n) is 6.81. The van der Waals surface area contributed by atoms with Crippen LogP contribution in [-0.2, 0) is 7.86 Å². The van der Waals surface area contributed by atoms with Crippen molar-refractivity contribution in [2.24, 2.45) is 5.92 Å². The lowest BCUT2D eigenvalue weighted by Crippen LogP contribution is -2.29. The molecule has 11 heteroatoms. The summed E-state index contributed by atoms with van der Waals surface area (Å²) in [6.45, 7) is 0. The first-order valence-electron chi connectivity index (χ1n) is 11.5. The van der Waals surface area contributed by atoms with Gasteiger partial charge in [0.15, 0.2) is 5.65 Å². The van der Waals surface area contributed by atoms with Crippen LogP contribution in [0, 0.1) is 11.7 Å². The number of para-hydroxylation sites is 1. The second-order valence-corrected chi connectivity index (χ2v) is 9.53. The number of aliphatic carboxylic acids is 1. The summed E-state index contributed by atoms with van der Waals surface area (Å²) in [7, 11) is 0. The Kier molecular flexibility index (Phi) is 6.82. The van der Waals surface area contributed by atoms with Gasteiger partial charge in [0, 0.05) is 12.1 Å². The highest BCUT2D eigenvalue weighted by Crippen LogP contribution is 2.39. The van der Waals surface area contributed by atoms with Crippen molar-refractivity contribution in [3.63, 3.8) is 0 Å². The zero-order chi connectivity index (χ0) is 23.7. The van der Waals surface area contributed by atoms with Gasteiger partial charge in [-0.2, -0.15) is 4.98 Å². The number of imidazole rings is 1. The first-order valence-corrected chi connectivity index (χ1v) is 12.4. The van der Waals surface area contributed by atoms with Crippen molar-refractivity contribution < 1.29 is 17.4 Å². The molecule has 0 aliphatic heterocycles. The second-order valence-electron chi connectivity index (χ2n) is 9.02. The van der Waals surface area contributed by atoms with Crippen LogP contribution in [0.3, 0.4) is 0 Å². The van der Waals surface area contributed by atoms with Crippen LogP contribution in [0.4, 0.5) is 22.0 Å². The number of hydrogen-bond acceptors (Lipinski definition) is 7. The van der Waals surface area contributed by atoms with Crippen LogP contribution in [0.5, 0.6) is 0 Å². The second kappa shape index (κ2) is 9.98. The lowest BCUT2D eigenvalue weighted by atomic mass is 9.93. The van der Waals surface area contributed by atoms with Crippen molar-refractivity contribution in [2.45, 2.75) is 63.1 Å². The van der Waals surface area contributed by atoms with Crippen molar-refractivity contribution in [1.29, 1.82) is 0 Å². The van der Waals surface area contributed by atoms with Gasteiger partial charge in [-0.3, -0.25) is 9.36 Å². The molecule has 3 N–H and O–H groups in total. The Morgan fingerprint density at radius 1 is 1.15 bits per heavy atom. The highest BCUT2D eigenvalue weighted by molar-refractivity contribution is 14.1. The third-order valence-corrected chi connectivity index (χ3v) is 7.52. The quantitative estimate of drug-likeness (QED) is 0.326. The molecule has 0 radical (unpaired) electrons. The third kappa shape index (κ3) is 4.81. The van der Waals surface area contributed by atoms with E-state index in [-0.39, 0.29) is 12.1 Å². The maximum Gasteiger partial charge on any atom is 0.306 e. The van der Waals surface area contributed by atoms with Gasteiger partial charge in [0.05, 0.1) is 23.9 Å². The van der Waals surface area contributed by atoms with Crippen LogP contribution >= 0.6 is 23.0 Å². The van der Waals surface area contributed by atoms with Crippen molar-refractivity contribution in [2.75, 3.05) is 10.6 Å². The predicted octanol–water partition coefficient (Wildman–Crippen LogP) is 5.22. The van der Waals surface area contributed by atoms with Gasteiger partial charge in [-0.1, -0.05) is 12.1 Å². The molecular weight excluding hydrogens is 554 g/mol. The summed E-state index contributed by atoms with van der Waals surface area (Å²) in [5, 5.41) is 16.0. The fourth-order valence-corrected chi connectivity index (χ4v) is 5.48. The number of hydrogen-bond donors (Lipinski definition) is 3. The molecule has 2 saturated carbocycles. The minimum Gasteiger partial charge on any atom is -0.481 e. The zero-order valence-corrected chi connectivity index (χ0v) is 20.6. The summed E-state index contributed by atoms with van der Waals surface area (Å²) >= 11 is 1.97. The Balaban J connectivity index is 1.47. The van der Waals surface area contributed by atoms with Gasteiger partial charge in [0.2, 0.25) is 11.9 Å². The number of carboxylic acid groups (broad SMARTS) is 1. The molecule has 2 aliphatic carbocycles. The number of carboxylic acids is 1. The van der Waals surface area contributed by atoms with Gasteiger partial charge >= 0.3 is 5.97 Å². The Morgan fingerprint density at radius 2 is 1.94 bits per heavy atom. The molecule has 2 aliphatic rings. The fraction of sp³-hybridized carbons (Fsp3) is 0.478. The van der Waals surface area contributed by atoms with Crippen LogP contribution in [-0.4, -0.2) is 42.7 Å². The van der Waals surface area contributed by atoms with Gasteiger partial charge in [-0.05, 0) is 57.1 Å². The molecule has 34 heavy (non-hydrogen) atoms. The number of carbonyl (C=O) groups is 1. The van der Waals surface area contributed by atoms with Crippen molar-refractivity contribution in [3.05, 3.63) is 36.3 Å². The van der Waals surface area contributed by atoms with Gasteiger partial charge in [0.1, 0.15) is 34.3 Å². The van der Waals surface area contributed by atoms with E-state index in [1.54, 1.807) is 24.4 Å². The molecule has 9 nitrogen and oxygen atoms in total. The summed E-state index contributed by atoms with van der Waals surface area (Å²) in [6.07, 6.45) is 7.59. The molecule has 0 unspecified atom stereocenters. The minimum absolute atomic E-state index is 0.112. The molecule has 2 atom stereocenters. The smallest absolute Gasteiger partial charge is 0.306 e. The number of rotatable bonds is 7. The number of benzene rings is 1. The predicted molar refractivity (Wildman–Crippen MR) is 134 cm³/mol. The monoisotopic (exact) mass is 580 g/mol. The summed E-state index contributed by atoms with van der Waals surface area (Å²) in [4.78, 5) is 25.5. The number of aromatic nitrogens is 4. The molecule has 2 aromatic heterocycles. The SMILES string of the molecule is O=C(O)[C@@H]1CC[C@H](n2c(Nc3ccccc3F)nc3cnc(NC4CCC(OI)CC4)nc32)C1. The molecule has 2 heterocycles. The highest BCUT2D eigenvalue weighted by Gasteiger charge is 2.33. The fourth-order valence-electron chi connectivity index (χ4n) is 4.97. The van der Waals surface area contributed by atoms with Crippen LogP contribution in [0.15, 0.2) is 30.5 Å². The Morgan fingerprint density at radius 3 is 2.65 bits per heavy atom. The minimum atomic E-state index is -0.793. The molecule has 2 fully saturated rings. The van der Waals surface area contributed by atoms with Gasteiger partial charge in [-0.25, -0.2) is 14.4 Å². The first kappa shape index (κ1) is 23.2. The van der Waals surface area contributed by atoms with Crippen molar-refractivity contribution >= 4 is 57.7 Å². The van der Waals surface area contributed by atoms with Crippen LogP contribution in [0.25, 0.3) is 11.2 Å². The van der Waals surface area contributed by atoms with E-state index in [2.05, 4.69) is 20.6 Å². The number of halogens is 2. The van der Waals surface area contributed by atoms with Gasteiger partial charge < -0.3 is 18.8 Å². The molecule has 5 rings (SSSR count). The van der Waals surface area contributed by atoms with E-state index in [4.69, 9.17) is 8.05 Å². The zero-order valence-electron chi connectivity index (χ0n) is 18.5. The first-order chi connectivity index (χ1) is 16.5. The Labute approximate surface area is 210 Å². The molecule has 0 saturated heterocycles. The largest absolute Gasteiger partial charge is 0.481 e. The van der Waals surface area contributed by atoms with Crippen LogP contribution in [0.2, 0.25) is 0 Å². The Bertz CT molecular complexity index is 1180. The standard InChI is InChI=1S/C23H26FIN6O3/c24-17-3-1-2-4-18(17)28-23-29-19-12-26-22(27-14-6-9-16(34-25)10-7-14)30-20(19)31(23)15-8-5-13(11-15)21(32)33/h1-4,12-16H,5-11H2,(H,28,29)(H,32,33)(H,26,27,30)/t13-,14?,15+,16?/m1/s1. The molecule has 3 aromatic rings. The molecule has 1 aromatic carbocycles. The van der Waals surface area contributed by atoms with E-state index in [1.807, 2.05) is 27.6 Å². The maximum absolute atomic E-state index is 14.4. The summed E-state index contributed by atoms with van der Waals surface area (Å²) in [5.74, 6) is -0.660. The van der Waals surface area contributed by atoms with Crippen LogP contribution in [0.1, 0.15) is 51.0 Å².